The molecule has 0 spiro atoms. The van der Waals surface area contributed by atoms with Crippen LogP contribution in [0.1, 0.15) is 20.8 Å². The summed E-state index contributed by atoms with van der Waals surface area (Å²) >= 11 is 0. The number of ether oxygens (including phenoxy) is 1. The lowest BCUT2D eigenvalue weighted by molar-refractivity contribution is 0.0903. The molecule has 0 aliphatic rings. The number of ketones is 1. The van der Waals surface area contributed by atoms with E-state index in [9.17, 15) is 14.0 Å². The molecule has 3 aromatic rings. The molecule has 7 heteroatoms. The second-order valence-electron chi connectivity index (χ2n) is 5.66. The lowest BCUT2D eigenvalue weighted by Gasteiger charge is -2.09. The Labute approximate surface area is 154 Å². The van der Waals surface area contributed by atoms with Crippen molar-refractivity contribution in [2.24, 2.45) is 5.73 Å². The summed E-state index contributed by atoms with van der Waals surface area (Å²) in [5.74, 6) is -0.809. The molecular weight excluding hydrogens is 351 g/mol. The number of primary amides is 1. The summed E-state index contributed by atoms with van der Waals surface area (Å²) in [6.45, 7) is -0.699. The third kappa shape index (κ3) is 4.34. The van der Waals surface area contributed by atoms with Crippen LogP contribution in [0.2, 0.25) is 0 Å². The van der Waals surface area contributed by atoms with Gasteiger partial charge in [0.1, 0.15) is 29.6 Å². The Balaban J connectivity index is 1.98. The fourth-order valence-corrected chi connectivity index (χ4v) is 2.41. The van der Waals surface area contributed by atoms with Crippen LogP contribution in [-0.4, -0.2) is 28.4 Å². The monoisotopic (exact) mass is 366 g/mol. The van der Waals surface area contributed by atoms with Gasteiger partial charge in [0.15, 0.2) is 5.78 Å². The first-order valence-electron chi connectivity index (χ1n) is 7.96. The maximum atomic E-state index is 13.0. The molecule has 0 bridgehead atoms. The van der Waals surface area contributed by atoms with Gasteiger partial charge in [-0.05, 0) is 48.5 Å². The first-order valence-corrected chi connectivity index (χ1v) is 7.96. The second kappa shape index (κ2) is 7.76. The van der Waals surface area contributed by atoms with Gasteiger partial charge in [-0.25, -0.2) is 9.37 Å². The number of nitrogens with two attached hydrogens (primary N) is 1. The van der Waals surface area contributed by atoms with Crippen LogP contribution >= 0.6 is 0 Å². The van der Waals surface area contributed by atoms with Gasteiger partial charge in [0.05, 0.1) is 5.69 Å². The van der Waals surface area contributed by atoms with E-state index in [1.54, 1.807) is 24.3 Å². The number of carbonyl (C=O) groups is 2. The topological polar surface area (TPSA) is 103 Å². The lowest BCUT2D eigenvalue weighted by Crippen LogP contribution is -2.15. The first-order chi connectivity index (χ1) is 13.0. The largest absolute Gasteiger partial charge is 0.457 e. The number of halogens is 1. The number of amides is 1. The quantitative estimate of drug-likeness (QED) is 0.653. The number of aromatic nitrogens is 1. The average Bonchev–Trinajstić information content (AvgIpc) is 2.69. The summed E-state index contributed by atoms with van der Waals surface area (Å²) in [4.78, 5) is 27.5. The highest BCUT2D eigenvalue weighted by Gasteiger charge is 2.14. The van der Waals surface area contributed by atoms with Crippen LogP contribution in [-0.2, 0) is 0 Å². The van der Waals surface area contributed by atoms with Crippen molar-refractivity contribution in [3.8, 4) is 22.8 Å². The van der Waals surface area contributed by atoms with E-state index in [1.165, 1.54) is 36.4 Å². The van der Waals surface area contributed by atoms with Crippen LogP contribution in [0.15, 0.2) is 60.7 Å². The van der Waals surface area contributed by atoms with Gasteiger partial charge in [-0.3, -0.25) is 9.59 Å². The number of carbonyl (C=O) groups excluding carboxylic acids is 2. The Kier molecular flexibility index (Phi) is 5.23. The standard InChI is InChI=1S/C20H15FN2O4/c21-14-4-6-15(7-5-14)27-16-3-1-2-12(8-16)17-9-13(19(25)11-24)10-18(23-17)20(22)26/h1-10,24H,11H2,(H2,22,26). The fraction of sp³-hybridized carbons (Fsp3) is 0.0500. The van der Waals surface area contributed by atoms with E-state index < -0.39 is 18.3 Å². The molecule has 1 aromatic heterocycles. The number of nitrogens with zero attached hydrogens (tertiary/aromatic N) is 1. The average molecular weight is 366 g/mol. The van der Waals surface area contributed by atoms with Gasteiger partial charge in [-0.2, -0.15) is 0 Å². The molecule has 0 radical (unpaired) electrons. The Hall–Kier alpha value is -3.58. The number of pyridine rings is 1. The molecular formula is C20H15FN2O4. The van der Waals surface area contributed by atoms with Gasteiger partial charge < -0.3 is 15.6 Å². The summed E-state index contributed by atoms with van der Waals surface area (Å²) < 4.78 is 18.7. The summed E-state index contributed by atoms with van der Waals surface area (Å²) in [5.41, 5.74) is 6.22. The van der Waals surface area contributed by atoms with Crippen molar-refractivity contribution in [3.63, 3.8) is 0 Å². The Bertz CT molecular complexity index is 1000. The third-order valence-corrected chi connectivity index (χ3v) is 3.72. The molecule has 3 rings (SSSR count). The number of aliphatic hydroxyl groups excluding tert-OH is 1. The van der Waals surface area contributed by atoms with Crippen LogP contribution < -0.4 is 10.5 Å². The summed E-state index contributed by atoms with van der Waals surface area (Å²) in [7, 11) is 0. The van der Waals surface area contributed by atoms with Gasteiger partial charge in [-0.15, -0.1) is 0 Å². The molecule has 0 aliphatic heterocycles. The molecule has 0 fully saturated rings. The Morgan fingerprint density at radius 3 is 2.44 bits per heavy atom. The highest BCUT2D eigenvalue weighted by atomic mass is 19.1. The molecule has 6 nitrogen and oxygen atoms in total. The Morgan fingerprint density at radius 2 is 1.78 bits per heavy atom. The highest BCUT2D eigenvalue weighted by Crippen LogP contribution is 2.27. The fourth-order valence-electron chi connectivity index (χ4n) is 2.41. The molecule has 136 valence electrons. The van der Waals surface area contributed by atoms with E-state index in [0.29, 0.717) is 22.8 Å². The number of aliphatic hydroxyl groups is 1. The number of benzene rings is 2. The van der Waals surface area contributed by atoms with Crippen molar-refractivity contribution in [1.82, 2.24) is 4.98 Å². The predicted octanol–water partition coefficient (Wildman–Crippen LogP) is 2.95. The molecule has 0 saturated carbocycles. The maximum absolute atomic E-state index is 13.0. The number of rotatable bonds is 6. The van der Waals surface area contributed by atoms with Crippen LogP contribution in [0.25, 0.3) is 11.3 Å². The third-order valence-electron chi connectivity index (χ3n) is 3.72. The molecule has 1 heterocycles. The molecule has 27 heavy (non-hydrogen) atoms. The van der Waals surface area contributed by atoms with E-state index >= 15 is 0 Å². The van der Waals surface area contributed by atoms with Gasteiger partial charge in [-0.1, -0.05) is 12.1 Å². The van der Waals surface area contributed by atoms with Crippen molar-refractivity contribution in [3.05, 3.63) is 77.7 Å². The minimum atomic E-state index is -0.789. The van der Waals surface area contributed by atoms with Crippen LogP contribution in [0.4, 0.5) is 4.39 Å². The van der Waals surface area contributed by atoms with E-state index in [0.717, 1.165) is 0 Å². The van der Waals surface area contributed by atoms with Crippen molar-refractivity contribution in [1.29, 1.82) is 0 Å². The maximum Gasteiger partial charge on any atom is 0.267 e. The van der Waals surface area contributed by atoms with Gasteiger partial charge in [0.2, 0.25) is 0 Å². The minimum absolute atomic E-state index is 0.0887. The summed E-state index contributed by atoms with van der Waals surface area (Å²) in [6.07, 6.45) is 0. The zero-order chi connectivity index (χ0) is 19.4. The van der Waals surface area contributed by atoms with Crippen LogP contribution in [0.3, 0.4) is 0 Å². The summed E-state index contributed by atoms with van der Waals surface area (Å²) in [5, 5.41) is 9.07. The number of Topliss-reactive ketones (excluding diaryl/α,β-unsaturated/α-hetero) is 1. The zero-order valence-corrected chi connectivity index (χ0v) is 14.1. The predicted molar refractivity (Wildman–Crippen MR) is 96.1 cm³/mol. The second-order valence-corrected chi connectivity index (χ2v) is 5.66. The Morgan fingerprint density at radius 1 is 1.04 bits per heavy atom. The number of hydrogen-bond acceptors (Lipinski definition) is 5. The zero-order valence-electron chi connectivity index (χ0n) is 14.1. The molecule has 0 atom stereocenters. The lowest BCUT2D eigenvalue weighted by atomic mass is 10.0. The van der Waals surface area contributed by atoms with Crippen LogP contribution in [0, 0.1) is 5.82 Å². The smallest absolute Gasteiger partial charge is 0.267 e. The van der Waals surface area contributed by atoms with Gasteiger partial charge in [0.25, 0.3) is 5.91 Å². The number of hydrogen-bond donors (Lipinski definition) is 2. The van der Waals surface area contributed by atoms with Crippen molar-refractivity contribution < 1.29 is 23.8 Å². The molecule has 0 unspecified atom stereocenters. The molecule has 1 amide bonds. The van der Waals surface area contributed by atoms with Crippen molar-refractivity contribution in [2.75, 3.05) is 6.61 Å². The molecule has 2 aromatic carbocycles. The van der Waals surface area contributed by atoms with E-state index in [1.807, 2.05) is 0 Å². The summed E-state index contributed by atoms with van der Waals surface area (Å²) in [6, 6.07) is 15.0. The van der Waals surface area contributed by atoms with E-state index in [2.05, 4.69) is 4.98 Å². The first kappa shape index (κ1) is 18.2. The van der Waals surface area contributed by atoms with Gasteiger partial charge >= 0.3 is 0 Å². The van der Waals surface area contributed by atoms with Gasteiger partial charge in [0, 0.05) is 11.1 Å². The normalized spacial score (nSPS) is 10.4. The van der Waals surface area contributed by atoms with E-state index in [-0.39, 0.29) is 17.1 Å². The molecule has 0 aliphatic carbocycles. The van der Waals surface area contributed by atoms with Crippen molar-refractivity contribution >= 4 is 11.7 Å². The van der Waals surface area contributed by atoms with Crippen LogP contribution in [0.5, 0.6) is 11.5 Å². The van der Waals surface area contributed by atoms with Crippen molar-refractivity contribution in [2.45, 2.75) is 0 Å². The molecule has 3 N–H and O–H groups in total. The SMILES string of the molecule is NC(=O)c1cc(C(=O)CO)cc(-c2cccc(Oc3ccc(F)cc3)c2)n1. The highest BCUT2D eigenvalue weighted by molar-refractivity contribution is 6.00. The minimum Gasteiger partial charge on any atom is -0.457 e. The molecule has 0 saturated heterocycles. The van der Waals surface area contributed by atoms with E-state index in [4.69, 9.17) is 15.6 Å².